The van der Waals surface area contributed by atoms with E-state index >= 15 is 0 Å². The number of urea groups is 1. The number of hydrogen-bond acceptors (Lipinski definition) is 4. The largest absolute Gasteiger partial charge is 0.369 e. The Morgan fingerprint density at radius 1 is 1.41 bits per heavy atom. The summed E-state index contributed by atoms with van der Waals surface area (Å²) in [5.74, 6) is 0. The molecule has 0 aromatic heterocycles. The van der Waals surface area contributed by atoms with Crippen LogP contribution in [0.5, 0.6) is 0 Å². The third-order valence-electron chi connectivity index (χ3n) is 3.37. The standard InChI is InChI=1S/C15H22N2O4S/c1-11-9-17(10-15(2,3)21-11)14(18)16-12-6-5-7-13(8-12)22(4,19)20/h5-8,11H,9-10H2,1-4H3,(H,16,18). The molecule has 0 bridgehead atoms. The number of nitrogens with zero attached hydrogens (tertiary/aromatic N) is 1. The molecule has 1 atom stereocenters. The monoisotopic (exact) mass is 326 g/mol. The van der Waals surface area contributed by atoms with E-state index in [1.54, 1.807) is 17.0 Å². The molecular formula is C15H22N2O4S. The molecule has 0 spiro atoms. The lowest BCUT2D eigenvalue weighted by Crippen LogP contribution is -2.54. The zero-order valence-corrected chi connectivity index (χ0v) is 14.1. The Labute approximate surface area is 131 Å². The van der Waals surface area contributed by atoms with Gasteiger partial charge in [-0.3, -0.25) is 0 Å². The first-order chi connectivity index (χ1) is 10.1. The van der Waals surface area contributed by atoms with Crippen LogP contribution < -0.4 is 5.32 Å². The smallest absolute Gasteiger partial charge is 0.322 e. The molecule has 1 fully saturated rings. The molecule has 1 unspecified atom stereocenters. The summed E-state index contributed by atoms with van der Waals surface area (Å²) in [4.78, 5) is 14.2. The van der Waals surface area contributed by atoms with Crippen LogP contribution in [0.4, 0.5) is 10.5 Å². The Bertz CT molecular complexity index is 670. The van der Waals surface area contributed by atoms with E-state index in [0.717, 1.165) is 6.26 Å². The molecule has 1 aliphatic heterocycles. The van der Waals surface area contributed by atoms with Gasteiger partial charge in [0, 0.05) is 18.5 Å². The molecular weight excluding hydrogens is 304 g/mol. The molecule has 7 heteroatoms. The number of hydrogen-bond donors (Lipinski definition) is 1. The van der Waals surface area contributed by atoms with Gasteiger partial charge in [0.15, 0.2) is 9.84 Å². The number of rotatable bonds is 2. The van der Waals surface area contributed by atoms with E-state index in [0.29, 0.717) is 18.8 Å². The molecule has 1 aromatic carbocycles. The maximum atomic E-state index is 12.4. The van der Waals surface area contributed by atoms with Gasteiger partial charge in [0.25, 0.3) is 0 Å². The Morgan fingerprint density at radius 2 is 2.09 bits per heavy atom. The van der Waals surface area contributed by atoms with Gasteiger partial charge in [-0.05, 0) is 39.0 Å². The topological polar surface area (TPSA) is 75.7 Å². The quantitative estimate of drug-likeness (QED) is 0.903. The predicted octanol–water partition coefficient (Wildman–Crippen LogP) is 2.12. The lowest BCUT2D eigenvalue weighted by Gasteiger charge is -2.41. The minimum atomic E-state index is -3.30. The number of carbonyl (C=O) groups excluding carboxylic acids is 1. The van der Waals surface area contributed by atoms with Gasteiger partial charge >= 0.3 is 6.03 Å². The van der Waals surface area contributed by atoms with Crippen LogP contribution in [-0.2, 0) is 14.6 Å². The van der Waals surface area contributed by atoms with Crippen LogP contribution in [0, 0.1) is 0 Å². The van der Waals surface area contributed by atoms with Crippen LogP contribution in [0.3, 0.4) is 0 Å². The van der Waals surface area contributed by atoms with Crippen LogP contribution >= 0.6 is 0 Å². The Balaban J connectivity index is 2.12. The number of amides is 2. The van der Waals surface area contributed by atoms with Crippen molar-refractivity contribution in [1.29, 1.82) is 0 Å². The number of sulfone groups is 1. The highest BCUT2D eigenvalue weighted by Crippen LogP contribution is 2.22. The number of benzene rings is 1. The fourth-order valence-corrected chi connectivity index (χ4v) is 3.28. The van der Waals surface area contributed by atoms with E-state index in [4.69, 9.17) is 4.74 Å². The highest BCUT2D eigenvalue weighted by atomic mass is 32.2. The Kier molecular flexibility index (Phi) is 4.49. The van der Waals surface area contributed by atoms with Gasteiger partial charge in [0.05, 0.1) is 23.1 Å². The van der Waals surface area contributed by atoms with Gasteiger partial charge < -0.3 is 15.0 Å². The number of morpholine rings is 1. The maximum absolute atomic E-state index is 12.4. The molecule has 22 heavy (non-hydrogen) atoms. The summed E-state index contributed by atoms with van der Waals surface area (Å²) in [5, 5.41) is 2.75. The van der Waals surface area contributed by atoms with Crippen molar-refractivity contribution in [3.05, 3.63) is 24.3 Å². The minimum absolute atomic E-state index is 0.0446. The van der Waals surface area contributed by atoms with Crippen LogP contribution in [0.1, 0.15) is 20.8 Å². The van der Waals surface area contributed by atoms with Crippen molar-refractivity contribution in [2.75, 3.05) is 24.7 Å². The number of anilines is 1. The van der Waals surface area contributed by atoms with E-state index in [-0.39, 0.29) is 17.0 Å². The molecule has 0 saturated carbocycles. The van der Waals surface area contributed by atoms with Crippen LogP contribution in [0.15, 0.2) is 29.2 Å². The lowest BCUT2D eigenvalue weighted by atomic mass is 10.1. The molecule has 1 aromatic rings. The van der Waals surface area contributed by atoms with Crippen LogP contribution in [0.2, 0.25) is 0 Å². The Morgan fingerprint density at radius 3 is 2.68 bits per heavy atom. The summed E-state index contributed by atoms with van der Waals surface area (Å²) < 4.78 is 28.9. The van der Waals surface area contributed by atoms with E-state index in [9.17, 15) is 13.2 Å². The second-order valence-electron chi connectivity index (χ2n) is 6.30. The second kappa shape index (κ2) is 5.89. The first-order valence-corrected chi connectivity index (χ1v) is 9.00. The lowest BCUT2D eigenvalue weighted by molar-refractivity contribution is -0.116. The van der Waals surface area contributed by atoms with Gasteiger partial charge in [0.1, 0.15) is 0 Å². The molecule has 2 rings (SSSR count). The molecule has 0 aliphatic carbocycles. The summed E-state index contributed by atoms with van der Waals surface area (Å²) in [6.45, 7) is 6.78. The first kappa shape index (κ1) is 16.8. The molecule has 2 amide bonds. The summed E-state index contributed by atoms with van der Waals surface area (Å²) in [6, 6.07) is 5.99. The van der Waals surface area contributed by atoms with E-state index in [1.807, 2.05) is 20.8 Å². The van der Waals surface area contributed by atoms with Crippen molar-refractivity contribution in [2.45, 2.75) is 37.4 Å². The van der Waals surface area contributed by atoms with Crippen molar-refractivity contribution in [3.63, 3.8) is 0 Å². The third-order valence-corrected chi connectivity index (χ3v) is 4.48. The fourth-order valence-electron chi connectivity index (χ4n) is 2.62. The molecule has 1 heterocycles. The first-order valence-electron chi connectivity index (χ1n) is 7.11. The second-order valence-corrected chi connectivity index (χ2v) is 8.31. The van der Waals surface area contributed by atoms with Crippen molar-refractivity contribution in [2.24, 2.45) is 0 Å². The number of ether oxygens (including phenoxy) is 1. The fraction of sp³-hybridized carbons (Fsp3) is 0.533. The van der Waals surface area contributed by atoms with Gasteiger partial charge in [-0.15, -0.1) is 0 Å². The average Bonchev–Trinajstić information content (AvgIpc) is 2.35. The van der Waals surface area contributed by atoms with Crippen LogP contribution in [0.25, 0.3) is 0 Å². The highest BCUT2D eigenvalue weighted by molar-refractivity contribution is 7.90. The van der Waals surface area contributed by atoms with Gasteiger partial charge in [-0.1, -0.05) is 6.07 Å². The average molecular weight is 326 g/mol. The van der Waals surface area contributed by atoms with Crippen molar-refractivity contribution < 1.29 is 17.9 Å². The van der Waals surface area contributed by atoms with Crippen LogP contribution in [-0.4, -0.2) is 50.4 Å². The zero-order valence-electron chi connectivity index (χ0n) is 13.3. The maximum Gasteiger partial charge on any atom is 0.322 e. The minimum Gasteiger partial charge on any atom is -0.369 e. The van der Waals surface area contributed by atoms with Crippen molar-refractivity contribution in [3.8, 4) is 0 Å². The Hall–Kier alpha value is -1.60. The van der Waals surface area contributed by atoms with E-state index in [1.165, 1.54) is 12.1 Å². The van der Waals surface area contributed by atoms with Gasteiger partial charge in [0.2, 0.25) is 0 Å². The predicted molar refractivity (Wildman–Crippen MR) is 84.8 cm³/mol. The zero-order chi connectivity index (χ0) is 16.5. The third kappa shape index (κ3) is 4.20. The van der Waals surface area contributed by atoms with E-state index < -0.39 is 15.4 Å². The highest BCUT2D eigenvalue weighted by Gasteiger charge is 2.33. The molecule has 0 radical (unpaired) electrons. The van der Waals surface area contributed by atoms with Crippen molar-refractivity contribution >= 4 is 21.6 Å². The summed E-state index contributed by atoms with van der Waals surface area (Å²) >= 11 is 0. The normalized spacial score (nSPS) is 21.5. The summed E-state index contributed by atoms with van der Waals surface area (Å²) in [6.07, 6.45) is 1.09. The number of nitrogens with one attached hydrogen (secondary N) is 1. The number of carbonyl (C=O) groups is 1. The van der Waals surface area contributed by atoms with Crippen molar-refractivity contribution in [1.82, 2.24) is 4.90 Å². The summed E-state index contributed by atoms with van der Waals surface area (Å²) in [5.41, 5.74) is 0.0637. The summed E-state index contributed by atoms with van der Waals surface area (Å²) in [7, 11) is -3.30. The van der Waals surface area contributed by atoms with Gasteiger partial charge in [-0.2, -0.15) is 0 Å². The van der Waals surface area contributed by atoms with Gasteiger partial charge in [-0.25, -0.2) is 13.2 Å². The molecule has 1 saturated heterocycles. The molecule has 122 valence electrons. The van der Waals surface area contributed by atoms with E-state index in [2.05, 4.69) is 5.32 Å². The SMILES string of the molecule is CC1CN(C(=O)Nc2cccc(S(C)(=O)=O)c2)CC(C)(C)O1. The molecule has 6 nitrogen and oxygen atoms in total. The molecule has 1 aliphatic rings. The molecule has 1 N–H and O–H groups in total.